The number of rotatable bonds is 5. The molecule has 0 aromatic rings. The summed E-state index contributed by atoms with van der Waals surface area (Å²) in [6.07, 6.45) is 4.45. The van der Waals surface area contributed by atoms with Crippen LogP contribution in [0.4, 0.5) is 0 Å². The molecule has 2 atom stereocenters. The molecule has 90 valence electrons. The van der Waals surface area contributed by atoms with Gasteiger partial charge in [-0.3, -0.25) is 0 Å². The highest BCUT2D eigenvalue weighted by molar-refractivity contribution is 5.06. The molecule has 0 bridgehead atoms. The first-order chi connectivity index (χ1) is 6.97. The standard InChI is InChI=1S/C12H26N2O/c1-10(5-8-15)14-12(9-13)7-4-6-11(12,2)3/h10,14-15H,4-9,13H2,1-3H3. The minimum Gasteiger partial charge on any atom is -0.396 e. The van der Waals surface area contributed by atoms with Crippen LogP contribution in [0.1, 0.15) is 46.5 Å². The molecule has 2 unspecified atom stereocenters. The van der Waals surface area contributed by atoms with Crippen LogP contribution in [0.2, 0.25) is 0 Å². The second-order valence-electron chi connectivity index (χ2n) is 5.58. The Hall–Kier alpha value is -0.120. The minimum atomic E-state index is 0.0710. The molecule has 3 nitrogen and oxygen atoms in total. The molecule has 0 amide bonds. The van der Waals surface area contributed by atoms with Crippen molar-refractivity contribution < 1.29 is 5.11 Å². The quantitative estimate of drug-likeness (QED) is 0.645. The van der Waals surface area contributed by atoms with Gasteiger partial charge in [0.2, 0.25) is 0 Å². The lowest BCUT2D eigenvalue weighted by Gasteiger charge is -2.43. The van der Waals surface area contributed by atoms with Gasteiger partial charge in [0.25, 0.3) is 0 Å². The predicted octanol–water partition coefficient (Wildman–Crippen LogP) is 1.25. The molecule has 1 saturated carbocycles. The fourth-order valence-corrected chi connectivity index (χ4v) is 2.85. The SMILES string of the molecule is CC(CCO)NC1(CN)CCCC1(C)C. The smallest absolute Gasteiger partial charge is 0.0445 e. The first kappa shape index (κ1) is 12.9. The van der Waals surface area contributed by atoms with Gasteiger partial charge in [-0.2, -0.15) is 0 Å². The van der Waals surface area contributed by atoms with Gasteiger partial charge in [0, 0.05) is 24.7 Å². The van der Waals surface area contributed by atoms with Gasteiger partial charge in [0.1, 0.15) is 0 Å². The van der Waals surface area contributed by atoms with Crippen molar-refractivity contribution in [2.24, 2.45) is 11.1 Å². The first-order valence-corrected chi connectivity index (χ1v) is 6.06. The van der Waals surface area contributed by atoms with E-state index in [4.69, 9.17) is 10.8 Å². The molecule has 0 aromatic carbocycles. The molecular weight excluding hydrogens is 188 g/mol. The van der Waals surface area contributed by atoms with Crippen molar-refractivity contribution in [1.82, 2.24) is 5.32 Å². The molecule has 1 fully saturated rings. The van der Waals surface area contributed by atoms with Crippen LogP contribution in [0.3, 0.4) is 0 Å². The van der Waals surface area contributed by atoms with E-state index in [-0.39, 0.29) is 17.6 Å². The van der Waals surface area contributed by atoms with E-state index < -0.39 is 0 Å². The highest BCUT2D eigenvalue weighted by Crippen LogP contribution is 2.45. The van der Waals surface area contributed by atoms with Gasteiger partial charge < -0.3 is 16.2 Å². The van der Waals surface area contributed by atoms with E-state index in [2.05, 4.69) is 26.1 Å². The van der Waals surface area contributed by atoms with Crippen LogP contribution in [-0.4, -0.2) is 29.8 Å². The molecule has 0 saturated heterocycles. The first-order valence-electron chi connectivity index (χ1n) is 6.06. The van der Waals surface area contributed by atoms with E-state index in [1.54, 1.807) is 0 Å². The average Bonchev–Trinajstić information content (AvgIpc) is 2.43. The zero-order valence-electron chi connectivity index (χ0n) is 10.3. The van der Waals surface area contributed by atoms with Crippen molar-refractivity contribution in [2.45, 2.75) is 58.0 Å². The molecular formula is C12H26N2O. The Morgan fingerprint density at radius 2 is 2.07 bits per heavy atom. The number of hydrogen-bond donors (Lipinski definition) is 3. The van der Waals surface area contributed by atoms with Crippen molar-refractivity contribution >= 4 is 0 Å². The van der Waals surface area contributed by atoms with Crippen LogP contribution in [0.15, 0.2) is 0 Å². The Labute approximate surface area is 93.4 Å². The number of hydrogen-bond acceptors (Lipinski definition) is 3. The topological polar surface area (TPSA) is 58.3 Å². The molecule has 1 aliphatic rings. The second kappa shape index (κ2) is 4.81. The lowest BCUT2D eigenvalue weighted by Crippen LogP contribution is -2.60. The summed E-state index contributed by atoms with van der Waals surface area (Å²) < 4.78 is 0. The molecule has 0 radical (unpaired) electrons. The average molecular weight is 214 g/mol. The van der Waals surface area contributed by atoms with Crippen molar-refractivity contribution in [2.75, 3.05) is 13.2 Å². The number of nitrogens with one attached hydrogen (secondary N) is 1. The summed E-state index contributed by atoms with van der Waals surface area (Å²) in [7, 11) is 0. The van der Waals surface area contributed by atoms with Gasteiger partial charge in [-0.15, -0.1) is 0 Å². The largest absolute Gasteiger partial charge is 0.396 e. The zero-order chi connectivity index (χ0) is 11.5. The van der Waals surface area contributed by atoms with E-state index in [1.165, 1.54) is 12.8 Å². The zero-order valence-corrected chi connectivity index (χ0v) is 10.3. The highest BCUT2D eigenvalue weighted by Gasteiger charge is 2.47. The lowest BCUT2D eigenvalue weighted by atomic mass is 9.74. The normalized spacial score (nSPS) is 31.8. The maximum atomic E-state index is 8.93. The van der Waals surface area contributed by atoms with Crippen LogP contribution in [-0.2, 0) is 0 Å². The van der Waals surface area contributed by atoms with Crippen LogP contribution < -0.4 is 11.1 Å². The van der Waals surface area contributed by atoms with E-state index >= 15 is 0 Å². The maximum absolute atomic E-state index is 8.93. The molecule has 15 heavy (non-hydrogen) atoms. The summed E-state index contributed by atoms with van der Waals surface area (Å²) in [5.74, 6) is 0. The number of aliphatic hydroxyl groups is 1. The third kappa shape index (κ3) is 2.52. The minimum absolute atomic E-state index is 0.0710. The Morgan fingerprint density at radius 1 is 1.40 bits per heavy atom. The number of nitrogens with two attached hydrogens (primary N) is 1. The molecule has 1 aliphatic carbocycles. The molecule has 0 aromatic heterocycles. The van der Waals surface area contributed by atoms with Gasteiger partial charge in [-0.25, -0.2) is 0 Å². The monoisotopic (exact) mass is 214 g/mol. The Kier molecular flexibility index (Phi) is 4.15. The van der Waals surface area contributed by atoms with Crippen LogP contribution in [0.25, 0.3) is 0 Å². The maximum Gasteiger partial charge on any atom is 0.0445 e. The lowest BCUT2D eigenvalue weighted by molar-refractivity contribution is 0.139. The molecule has 3 heteroatoms. The van der Waals surface area contributed by atoms with Gasteiger partial charge >= 0.3 is 0 Å². The van der Waals surface area contributed by atoms with Crippen molar-refractivity contribution in [1.29, 1.82) is 0 Å². The van der Waals surface area contributed by atoms with E-state index in [0.29, 0.717) is 12.6 Å². The van der Waals surface area contributed by atoms with Gasteiger partial charge in [0.05, 0.1) is 0 Å². The van der Waals surface area contributed by atoms with Crippen LogP contribution in [0.5, 0.6) is 0 Å². The summed E-state index contributed by atoms with van der Waals surface area (Å²) in [6, 6.07) is 0.343. The van der Waals surface area contributed by atoms with Gasteiger partial charge in [0.15, 0.2) is 0 Å². The van der Waals surface area contributed by atoms with Crippen molar-refractivity contribution in [3.63, 3.8) is 0 Å². The highest BCUT2D eigenvalue weighted by atomic mass is 16.3. The molecule has 0 aliphatic heterocycles. The summed E-state index contributed by atoms with van der Waals surface area (Å²) >= 11 is 0. The number of aliphatic hydroxyl groups excluding tert-OH is 1. The van der Waals surface area contributed by atoms with E-state index in [9.17, 15) is 0 Å². The van der Waals surface area contributed by atoms with Gasteiger partial charge in [-0.1, -0.05) is 20.3 Å². The summed E-state index contributed by atoms with van der Waals surface area (Å²) in [4.78, 5) is 0. The van der Waals surface area contributed by atoms with Crippen LogP contribution >= 0.6 is 0 Å². The van der Waals surface area contributed by atoms with Crippen LogP contribution in [0, 0.1) is 5.41 Å². The fourth-order valence-electron chi connectivity index (χ4n) is 2.85. The molecule has 0 heterocycles. The van der Waals surface area contributed by atoms with Crippen molar-refractivity contribution in [3.8, 4) is 0 Å². The van der Waals surface area contributed by atoms with E-state index in [1.807, 2.05) is 0 Å². The van der Waals surface area contributed by atoms with Gasteiger partial charge in [-0.05, 0) is 31.6 Å². The Morgan fingerprint density at radius 3 is 2.47 bits per heavy atom. The predicted molar refractivity (Wildman–Crippen MR) is 63.7 cm³/mol. The van der Waals surface area contributed by atoms with Crippen molar-refractivity contribution in [3.05, 3.63) is 0 Å². The Bertz CT molecular complexity index is 206. The molecule has 4 N–H and O–H groups in total. The summed E-state index contributed by atoms with van der Waals surface area (Å²) in [5, 5.41) is 12.6. The third-order valence-electron chi connectivity index (χ3n) is 4.13. The second-order valence-corrected chi connectivity index (χ2v) is 5.58. The molecule has 1 rings (SSSR count). The third-order valence-corrected chi connectivity index (χ3v) is 4.13. The summed E-state index contributed by atoms with van der Waals surface area (Å²) in [6.45, 7) is 7.66. The Balaban J connectivity index is 2.68. The fraction of sp³-hybridized carbons (Fsp3) is 1.00. The van der Waals surface area contributed by atoms with E-state index in [0.717, 1.165) is 12.8 Å². The molecule has 0 spiro atoms. The summed E-state index contributed by atoms with van der Waals surface area (Å²) in [5.41, 5.74) is 6.30.